The predicted molar refractivity (Wildman–Crippen MR) is 157 cm³/mol. The fraction of sp³-hybridized carbons (Fsp3) is 0.406. The normalized spacial score (nSPS) is 16.1. The maximum Gasteiger partial charge on any atom is 0.338 e. The molecule has 5 nitrogen and oxygen atoms in total. The van der Waals surface area contributed by atoms with E-state index < -0.39 is 0 Å². The Labute approximate surface area is 230 Å². The number of hydrogen-bond acceptors (Lipinski definition) is 4. The molecule has 0 spiro atoms. The van der Waals surface area contributed by atoms with E-state index in [-0.39, 0.29) is 22.4 Å². The van der Waals surface area contributed by atoms with Crippen LogP contribution in [0.4, 0.5) is 0 Å². The largest absolute Gasteiger partial charge is 0.462 e. The summed E-state index contributed by atoms with van der Waals surface area (Å²) < 4.78 is 5.75. The van der Waals surface area contributed by atoms with Crippen LogP contribution in [0, 0.1) is 4.77 Å². The number of unbranched alkanes of at least 4 members (excludes halogenated alkanes) is 1. The number of esters is 1. The van der Waals surface area contributed by atoms with Crippen LogP contribution in [0.3, 0.4) is 0 Å². The molecule has 0 bridgehead atoms. The van der Waals surface area contributed by atoms with Crippen molar-refractivity contribution >= 4 is 29.8 Å². The summed E-state index contributed by atoms with van der Waals surface area (Å²) in [7, 11) is 0. The van der Waals surface area contributed by atoms with Gasteiger partial charge < -0.3 is 9.72 Å². The molecule has 0 fully saturated rings. The van der Waals surface area contributed by atoms with Crippen molar-refractivity contribution in [2.45, 2.75) is 77.6 Å². The number of fused-ring (bicyclic) bond motifs is 1. The van der Waals surface area contributed by atoms with Gasteiger partial charge in [0, 0.05) is 11.8 Å². The van der Waals surface area contributed by atoms with Crippen molar-refractivity contribution in [3.63, 3.8) is 0 Å². The van der Waals surface area contributed by atoms with Crippen LogP contribution in [-0.2, 0) is 22.0 Å². The fourth-order valence-electron chi connectivity index (χ4n) is 5.17. The second-order valence-corrected chi connectivity index (χ2v) is 12.1. The molecule has 1 aromatic heterocycles. The summed E-state index contributed by atoms with van der Waals surface area (Å²) in [5.41, 5.74) is 7.79. The number of H-pyrrole nitrogens is 2. The Hall–Kier alpha value is -3.25. The molecule has 1 heterocycles. The van der Waals surface area contributed by atoms with Crippen LogP contribution in [-0.4, -0.2) is 22.5 Å². The molecule has 0 atom stereocenters. The van der Waals surface area contributed by atoms with E-state index in [9.17, 15) is 9.59 Å². The highest BCUT2D eigenvalue weighted by molar-refractivity contribution is 7.71. The summed E-state index contributed by atoms with van der Waals surface area (Å²) in [6.07, 6.45) is 8.21. The van der Waals surface area contributed by atoms with Gasteiger partial charge in [0.05, 0.1) is 12.2 Å². The zero-order valence-corrected chi connectivity index (χ0v) is 23.9. The van der Waals surface area contributed by atoms with Gasteiger partial charge >= 0.3 is 5.97 Å². The average molecular weight is 531 g/mol. The lowest BCUT2D eigenvalue weighted by atomic mass is 9.63. The number of ether oxygens (including phenoxy) is 1. The molecule has 200 valence electrons. The van der Waals surface area contributed by atoms with Gasteiger partial charge in [-0.2, -0.15) is 0 Å². The average Bonchev–Trinajstić information content (AvgIpc) is 2.88. The second kappa shape index (κ2) is 11.2. The molecular weight excluding hydrogens is 492 g/mol. The van der Waals surface area contributed by atoms with Crippen molar-refractivity contribution in [2.24, 2.45) is 0 Å². The third-order valence-electron chi connectivity index (χ3n) is 7.81. The van der Waals surface area contributed by atoms with Crippen LogP contribution < -0.4 is 5.56 Å². The third-order valence-corrected chi connectivity index (χ3v) is 8.03. The first kappa shape index (κ1) is 27.8. The number of carbonyl (C=O) groups is 1. The van der Waals surface area contributed by atoms with E-state index in [1.165, 1.54) is 35.1 Å². The molecular formula is C32H38N2O3S. The summed E-state index contributed by atoms with van der Waals surface area (Å²) in [5, 5.41) is 0. The number of allylic oxidation sites excluding steroid dienone is 1. The van der Waals surface area contributed by atoms with Crippen LogP contribution >= 0.6 is 12.2 Å². The lowest BCUT2D eigenvalue weighted by molar-refractivity contribution is 0.0498. The monoisotopic (exact) mass is 530 g/mol. The van der Waals surface area contributed by atoms with Crippen LogP contribution in [0.25, 0.3) is 11.6 Å². The second-order valence-electron chi connectivity index (χ2n) is 11.7. The van der Waals surface area contributed by atoms with E-state index in [1.54, 1.807) is 6.20 Å². The SMILES string of the molecule is C/C(=C\c1ccc(C(=O)OCCCCc2c[nH]c(=S)[nH]c2=O)cc1)c1ccc2c(c1)C(C)(C)CCC2(C)C. The van der Waals surface area contributed by atoms with Crippen LogP contribution in [0.5, 0.6) is 0 Å². The lowest BCUT2D eigenvalue weighted by Gasteiger charge is -2.42. The van der Waals surface area contributed by atoms with E-state index in [0.29, 0.717) is 35.3 Å². The van der Waals surface area contributed by atoms with Crippen LogP contribution in [0.15, 0.2) is 53.5 Å². The number of aryl methyl sites for hydroxylation is 1. The molecule has 0 aliphatic heterocycles. The molecule has 2 aromatic carbocycles. The summed E-state index contributed by atoms with van der Waals surface area (Å²) in [4.78, 5) is 29.7. The van der Waals surface area contributed by atoms with E-state index in [0.717, 1.165) is 12.0 Å². The number of carbonyl (C=O) groups excluding carboxylic acids is 1. The van der Waals surface area contributed by atoms with Gasteiger partial charge in [-0.25, -0.2) is 4.79 Å². The van der Waals surface area contributed by atoms with Gasteiger partial charge in [0.25, 0.3) is 5.56 Å². The molecule has 0 saturated carbocycles. The Kier molecular flexibility index (Phi) is 8.22. The highest BCUT2D eigenvalue weighted by atomic mass is 32.1. The number of nitrogens with one attached hydrogen (secondary N) is 2. The minimum absolute atomic E-state index is 0.172. The number of aromatic nitrogens is 2. The summed E-state index contributed by atoms with van der Waals surface area (Å²) in [6, 6.07) is 14.5. The van der Waals surface area contributed by atoms with Crippen molar-refractivity contribution in [1.82, 2.24) is 9.97 Å². The van der Waals surface area contributed by atoms with Crippen molar-refractivity contribution < 1.29 is 9.53 Å². The highest BCUT2D eigenvalue weighted by Gasteiger charge is 2.36. The molecule has 6 heteroatoms. The zero-order valence-electron chi connectivity index (χ0n) is 23.1. The third kappa shape index (κ3) is 6.41. The molecule has 0 saturated heterocycles. The standard InChI is InChI=1S/C32H38N2O3S/c1-21(24-13-14-26-27(19-24)32(4,5)16-15-31(26,2)3)18-22-9-11-23(12-10-22)29(36)37-17-7-6-8-25-20-33-30(38)34-28(25)35/h9-14,18-20H,6-8,15-17H2,1-5H3,(H2,33,34,35,38)/b21-18+. The summed E-state index contributed by atoms with van der Waals surface area (Å²) in [6.45, 7) is 11.8. The van der Waals surface area contributed by atoms with Crippen LogP contribution in [0.2, 0.25) is 0 Å². The maximum atomic E-state index is 12.5. The van der Waals surface area contributed by atoms with E-state index in [1.807, 2.05) is 24.3 Å². The van der Waals surface area contributed by atoms with Gasteiger partial charge in [0.15, 0.2) is 4.77 Å². The van der Waals surface area contributed by atoms with Crippen molar-refractivity contribution in [1.29, 1.82) is 0 Å². The van der Waals surface area contributed by atoms with Gasteiger partial charge in [-0.15, -0.1) is 0 Å². The minimum Gasteiger partial charge on any atom is -0.462 e. The molecule has 1 aliphatic carbocycles. The lowest BCUT2D eigenvalue weighted by Crippen LogP contribution is -2.33. The highest BCUT2D eigenvalue weighted by Crippen LogP contribution is 2.46. The van der Waals surface area contributed by atoms with Crippen LogP contribution in [0.1, 0.15) is 98.5 Å². The molecule has 0 radical (unpaired) electrons. The minimum atomic E-state index is -0.335. The maximum absolute atomic E-state index is 12.5. The number of rotatable bonds is 8. The predicted octanol–water partition coefficient (Wildman–Crippen LogP) is 7.52. The Morgan fingerprint density at radius 3 is 2.32 bits per heavy atom. The first-order valence-corrected chi connectivity index (χ1v) is 13.8. The molecule has 0 amide bonds. The molecule has 1 aliphatic rings. The van der Waals surface area contributed by atoms with E-state index in [4.69, 9.17) is 17.0 Å². The van der Waals surface area contributed by atoms with Crippen molar-refractivity contribution in [3.8, 4) is 0 Å². The molecule has 4 rings (SSSR count). The van der Waals surface area contributed by atoms with E-state index >= 15 is 0 Å². The Morgan fingerprint density at radius 1 is 0.974 bits per heavy atom. The van der Waals surface area contributed by atoms with Gasteiger partial charge in [-0.1, -0.05) is 64.1 Å². The van der Waals surface area contributed by atoms with Gasteiger partial charge in [-0.3, -0.25) is 9.78 Å². The first-order valence-electron chi connectivity index (χ1n) is 13.4. The van der Waals surface area contributed by atoms with Gasteiger partial charge in [0.2, 0.25) is 0 Å². The van der Waals surface area contributed by atoms with E-state index in [2.05, 4.69) is 68.9 Å². The van der Waals surface area contributed by atoms with Crippen molar-refractivity contribution in [2.75, 3.05) is 6.61 Å². The molecule has 0 unspecified atom stereocenters. The number of aromatic amines is 2. The summed E-state index contributed by atoms with van der Waals surface area (Å²) >= 11 is 4.90. The fourth-order valence-corrected chi connectivity index (χ4v) is 5.32. The van der Waals surface area contributed by atoms with Gasteiger partial charge in [-0.05, 0) is 102 Å². The molecule has 2 N–H and O–H groups in total. The topological polar surface area (TPSA) is 75.0 Å². The van der Waals surface area contributed by atoms with Gasteiger partial charge in [0.1, 0.15) is 0 Å². The summed E-state index contributed by atoms with van der Waals surface area (Å²) in [5.74, 6) is -0.335. The first-order chi connectivity index (χ1) is 18.0. The number of hydrogen-bond donors (Lipinski definition) is 2. The Balaban J connectivity index is 1.34. The quantitative estimate of drug-likeness (QED) is 0.137. The van der Waals surface area contributed by atoms with Crippen molar-refractivity contribution in [3.05, 3.63) is 97.2 Å². The smallest absolute Gasteiger partial charge is 0.338 e. The zero-order chi connectivity index (χ0) is 27.5. The Morgan fingerprint density at radius 2 is 1.63 bits per heavy atom. The Bertz CT molecular complexity index is 1460. The molecule has 3 aromatic rings. The number of benzene rings is 2. The molecule has 38 heavy (non-hydrogen) atoms.